The molecule has 0 aliphatic rings. The summed E-state index contributed by atoms with van der Waals surface area (Å²) in [6, 6.07) is 8.38. The second-order valence-electron chi connectivity index (χ2n) is 6.23. The number of H-pyrrole nitrogens is 1. The van der Waals surface area contributed by atoms with Crippen molar-refractivity contribution in [3.05, 3.63) is 56.4 Å². The molecule has 2 N–H and O–H groups in total. The van der Waals surface area contributed by atoms with Crippen molar-refractivity contribution in [2.45, 2.75) is 46.6 Å². The van der Waals surface area contributed by atoms with E-state index in [9.17, 15) is 4.79 Å². The lowest BCUT2D eigenvalue weighted by Crippen LogP contribution is -2.17. The minimum atomic E-state index is -0.0677. The highest BCUT2D eigenvalue weighted by Gasteiger charge is 2.15. The first-order chi connectivity index (χ1) is 11.5. The van der Waals surface area contributed by atoms with Gasteiger partial charge in [0.2, 0.25) is 0 Å². The van der Waals surface area contributed by atoms with Gasteiger partial charge in [-0.15, -0.1) is 11.3 Å². The second kappa shape index (κ2) is 6.77. The van der Waals surface area contributed by atoms with Crippen molar-refractivity contribution in [2.75, 3.05) is 5.32 Å². The summed E-state index contributed by atoms with van der Waals surface area (Å²) in [5.41, 5.74) is 3.35. The van der Waals surface area contributed by atoms with Crippen molar-refractivity contribution in [3.8, 4) is 0 Å². The largest absolute Gasteiger partial charge is 0.375 e. The van der Waals surface area contributed by atoms with Crippen molar-refractivity contribution in [3.63, 3.8) is 0 Å². The van der Waals surface area contributed by atoms with E-state index in [2.05, 4.69) is 46.5 Å². The predicted octanol–water partition coefficient (Wildman–Crippen LogP) is 4.73. The number of rotatable bonds is 5. The summed E-state index contributed by atoms with van der Waals surface area (Å²) in [5.74, 6) is 0.673. The molecular weight excluding hydrogens is 318 g/mol. The monoisotopic (exact) mass is 341 g/mol. The van der Waals surface area contributed by atoms with Gasteiger partial charge in [0, 0.05) is 10.6 Å². The molecule has 0 fully saturated rings. The van der Waals surface area contributed by atoms with E-state index in [-0.39, 0.29) is 11.6 Å². The molecule has 0 unspecified atom stereocenters. The Kier molecular flexibility index (Phi) is 4.71. The summed E-state index contributed by atoms with van der Waals surface area (Å²) in [5, 5.41) is 4.13. The number of thiophene rings is 1. The maximum absolute atomic E-state index is 12.4. The van der Waals surface area contributed by atoms with Gasteiger partial charge >= 0.3 is 0 Å². The summed E-state index contributed by atoms with van der Waals surface area (Å²) in [7, 11) is 0. The average Bonchev–Trinajstić information content (AvgIpc) is 2.84. The molecule has 1 atom stereocenters. The Labute approximate surface area is 146 Å². The Morgan fingerprint density at radius 1 is 1.25 bits per heavy atom. The van der Waals surface area contributed by atoms with E-state index in [4.69, 9.17) is 0 Å². The number of hydrogen-bond donors (Lipinski definition) is 2. The first-order valence-electron chi connectivity index (χ1n) is 8.35. The molecule has 0 radical (unpaired) electrons. The normalized spacial score (nSPS) is 12.5. The van der Waals surface area contributed by atoms with Crippen molar-refractivity contribution < 1.29 is 0 Å². The first-order valence-corrected chi connectivity index (χ1v) is 9.16. The Balaban J connectivity index is 1.85. The summed E-state index contributed by atoms with van der Waals surface area (Å²) < 4.78 is 0. The molecule has 3 aromatic rings. The minimum Gasteiger partial charge on any atom is -0.375 e. The van der Waals surface area contributed by atoms with Gasteiger partial charge in [-0.2, -0.15) is 0 Å². The zero-order valence-corrected chi connectivity index (χ0v) is 15.4. The van der Waals surface area contributed by atoms with Crippen LogP contribution in [0.15, 0.2) is 29.1 Å². The van der Waals surface area contributed by atoms with E-state index in [1.807, 2.05) is 20.8 Å². The molecule has 24 heavy (non-hydrogen) atoms. The molecule has 2 heterocycles. The van der Waals surface area contributed by atoms with Gasteiger partial charge in [0.1, 0.15) is 10.7 Å². The zero-order chi connectivity index (χ0) is 17.3. The summed E-state index contributed by atoms with van der Waals surface area (Å²) in [6.45, 7) is 8.20. The van der Waals surface area contributed by atoms with Crippen LogP contribution in [0.5, 0.6) is 0 Å². The quantitative estimate of drug-likeness (QED) is 0.705. The highest BCUT2D eigenvalue weighted by Crippen LogP contribution is 2.27. The Morgan fingerprint density at radius 3 is 2.62 bits per heavy atom. The van der Waals surface area contributed by atoms with Gasteiger partial charge in [0.15, 0.2) is 0 Å². The number of aryl methyl sites for hydroxylation is 3. The van der Waals surface area contributed by atoms with Crippen molar-refractivity contribution in [2.24, 2.45) is 0 Å². The van der Waals surface area contributed by atoms with Crippen LogP contribution in [0, 0.1) is 13.8 Å². The van der Waals surface area contributed by atoms with Crippen LogP contribution in [0.4, 0.5) is 5.69 Å². The lowest BCUT2D eigenvalue weighted by atomic mass is 10.1. The summed E-state index contributed by atoms with van der Waals surface area (Å²) >= 11 is 1.58. The lowest BCUT2D eigenvalue weighted by molar-refractivity contribution is 0.792. The van der Waals surface area contributed by atoms with E-state index in [0.29, 0.717) is 5.82 Å². The highest BCUT2D eigenvalue weighted by atomic mass is 32.1. The third kappa shape index (κ3) is 3.22. The van der Waals surface area contributed by atoms with Gasteiger partial charge < -0.3 is 10.3 Å². The van der Waals surface area contributed by atoms with Crippen LogP contribution in [0.2, 0.25) is 0 Å². The SMILES string of the molecule is CCCc1ccc(N[C@H](C)c2nc3sc(C)c(C)c3c(=O)[nH]2)cc1. The van der Waals surface area contributed by atoms with Crippen molar-refractivity contribution in [1.29, 1.82) is 0 Å². The fourth-order valence-electron chi connectivity index (χ4n) is 2.85. The van der Waals surface area contributed by atoms with Crippen molar-refractivity contribution >= 4 is 27.2 Å². The smallest absolute Gasteiger partial charge is 0.259 e. The molecule has 126 valence electrons. The molecule has 1 aromatic carbocycles. The average molecular weight is 341 g/mol. The number of aromatic amines is 1. The van der Waals surface area contributed by atoms with Crippen LogP contribution in [-0.4, -0.2) is 9.97 Å². The van der Waals surface area contributed by atoms with Crippen LogP contribution in [0.1, 0.15) is 48.1 Å². The van der Waals surface area contributed by atoms with E-state index < -0.39 is 0 Å². The number of benzene rings is 1. The zero-order valence-electron chi connectivity index (χ0n) is 14.6. The van der Waals surface area contributed by atoms with E-state index in [0.717, 1.165) is 39.2 Å². The first kappa shape index (κ1) is 16.7. The number of anilines is 1. The van der Waals surface area contributed by atoms with Gasteiger partial charge in [-0.1, -0.05) is 25.5 Å². The fraction of sp³-hybridized carbons (Fsp3) is 0.368. The Bertz CT molecular complexity index is 909. The number of nitrogens with zero attached hydrogens (tertiary/aromatic N) is 1. The van der Waals surface area contributed by atoms with Gasteiger partial charge in [0.05, 0.1) is 11.4 Å². The molecule has 0 bridgehead atoms. The van der Waals surface area contributed by atoms with Gasteiger partial charge in [-0.25, -0.2) is 4.98 Å². The maximum Gasteiger partial charge on any atom is 0.259 e. The molecule has 5 heteroatoms. The molecule has 0 saturated carbocycles. The summed E-state index contributed by atoms with van der Waals surface area (Å²) in [6.07, 6.45) is 2.24. The lowest BCUT2D eigenvalue weighted by Gasteiger charge is -2.15. The van der Waals surface area contributed by atoms with Crippen LogP contribution in [0.25, 0.3) is 10.2 Å². The number of aromatic nitrogens is 2. The van der Waals surface area contributed by atoms with Crippen LogP contribution >= 0.6 is 11.3 Å². The molecule has 0 aliphatic heterocycles. The fourth-order valence-corrected chi connectivity index (χ4v) is 3.89. The number of nitrogens with one attached hydrogen (secondary N) is 2. The highest BCUT2D eigenvalue weighted by molar-refractivity contribution is 7.18. The standard InChI is InChI=1S/C19H23N3OS/c1-5-6-14-7-9-15(10-8-14)20-12(3)17-21-18(23)16-11(2)13(4)24-19(16)22-17/h7-10,12,20H,5-6H2,1-4H3,(H,21,22,23)/t12-/m1/s1. The van der Waals surface area contributed by atoms with Gasteiger partial charge in [0.25, 0.3) is 5.56 Å². The molecule has 3 rings (SSSR count). The van der Waals surface area contributed by atoms with E-state index >= 15 is 0 Å². The molecular formula is C19H23N3OS. The molecule has 0 aliphatic carbocycles. The Hall–Kier alpha value is -2.14. The summed E-state index contributed by atoms with van der Waals surface area (Å²) in [4.78, 5) is 21.9. The van der Waals surface area contributed by atoms with Crippen LogP contribution in [0.3, 0.4) is 0 Å². The minimum absolute atomic E-state index is 0.0520. The second-order valence-corrected chi connectivity index (χ2v) is 7.43. The van der Waals surface area contributed by atoms with Crippen molar-refractivity contribution in [1.82, 2.24) is 9.97 Å². The maximum atomic E-state index is 12.4. The number of hydrogen-bond acceptors (Lipinski definition) is 4. The molecule has 0 saturated heterocycles. The molecule has 4 nitrogen and oxygen atoms in total. The number of fused-ring (bicyclic) bond motifs is 1. The van der Waals surface area contributed by atoms with E-state index in [1.165, 1.54) is 5.56 Å². The molecule has 0 amide bonds. The third-order valence-electron chi connectivity index (χ3n) is 4.34. The Morgan fingerprint density at radius 2 is 1.96 bits per heavy atom. The van der Waals surface area contributed by atoms with Gasteiger partial charge in [-0.05, 0) is 50.5 Å². The van der Waals surface area contributed by atoms with Gasteiger partial charge in [-0.3, -0.25) is 4.79 Å². The third-order valence-corrected chi connectivity index (χ3v) is 5.44. The molecule has 0 spiro atoms. The molecule has 2 aromatic heterocycles. The topological polar surface area (TPSA) is 57.8 Å². The van der Waals surface area contributed by atoms with Crippen LogP contribution < -0.4 is 10.9 Å². The van der Waals surface area contributed by atoms with Crippen LogP contribution in [-0.2, 0) is 6.42 Å². The van der Waals surface area contributed by atoms with E-state index in [1.54, 1.807) is 11.3 Å². The predicted molar refractivity (Wildman–Crippen MR) is 102 cm³/mol.